The third kappa shape index (κ3) is 3.45. The van der Waals surface area contributed by atoms with Gasteiger partial charge >= 0.3 is 0 Å². The van der Waals surface area contributed by atoms with E-state index in [1.807, 2.05) is 12.1 Å². The Morgan fingerprint density at radius 1 is 1.10 bits per heavy atom. The van der Waals surface area contributed by atoms with E-state index in [1.165, 1.54) is 22.8 Å². The van der Waals surface area contributed by atoms with E-state index < -0.39 is 0 Å². The van der Waals surface area contributed by atoms with Crippen molar-refractivity contribution in [3.63, 3.8) is 0 Å². The second kappa shape index (κ2) is 6.67. The zero-order valence-corrected chi connectivity index (χ0v) is 12.4. The second-order valence-electron chi connectivity index (χ2n) is 5.27. The normalized spacial score (nSPS) is 12.4. The highest BCUT2D eigenvalue weighted by atomic mass is 19.1. The SMILES string of the molecule is CCNC(Cc1cc(C)ccc1C)c1ccccc1F. The average molecular weight is 271 g/mol. The van der Waals surface area contributed by atoms with E-state index in [-0.39, 0.29) is 11.9 Å². The molecule has 2 rings (SSSR count). The molecule has 0 saturated carbocycles. The van der Waals surface area contributed by atoms with Gasteiger partial charge in [0.25, 0.3) is 0 Å². The van der Waals surface area contributed by atoms with Gasteiger partial charge in [-0.15, -0.1) is 0 Å². The summed E-state index contributed by atoms with van der Waals surface area (Å²) in [6.07, 6.45) is 0.808. The Hall–Kier alpha value is -1.67. The first-order valence-corrected chi connectivity index (χ1v) is 7.15. The standard InChI is InChI=1S/C18H22FN/c1-4-20-18(16-7-5-6-8-17(16)19)12-15-11-13(2)9-10-14(15)3/h5-11,18,20H,4,12H2,1-3H3. The molecule has 0 fully saturated rings. The second-order valence-corrected chi connectivity index (χ2v) is 5.27. The van der Waals surface area contributed by atoms with Crippen molar-refractivity contribution >= 4 is 0 Å². The summed E-state index contributed by atoms with van der Waals surface area (Å²) in [7, 11) is 0. The van der Waals surface area contributed by atoms with Crippen molar-refractivity contribution in [1.82, 2.24) is 5.32 Å². The van der Waals surface area contributed by atoms with Crippen LogP contribution in [0.4, 0.5) is 4.39 Å². The van der Waals surface area contributed by atoms with Crippen molar-refractivity contribution < 1.29 is 4.39 Å². The molecule has 0 heterocycles. The number of hydrogen-bond acceptors (Lipinski definition) is 1. The summed E-state index contributed by atoms with van der Waals surface area (Å²) in [6.45, 7) is 7.08. The number of hydrogen-bond donors (Lipinski definition) is 1. The van der Waals surface area contributed by atoms with Gasteiger partial charge in [0.15, 0.2) is 0 Å². The van der Waals surface area contributed by atoms with Crippen LogP contribution in [0.25, 0.3) is 0 Å². The first-order chi connectivity index (χ1) is 9.61. The first-order valence-electron chi connectivity index (χ1n) is 7.15. The number of benzene rings is 2. The number of aryl methyl sites for hydroxylation is 2. The Bertz CT molecular complexity index is 577. The molecule has 0 aliphatic heterocycles. The maximum Gasteiger partial charge on any atom is 0.127 e. The predicted octanol–water partition coefficient (Wildman–Crippen LogP) is 4.34. The molecule has 0 aliphatic rings. The van der Waals surface area contributed by atoms with Crippen molar-refractivity contribution in [2.45, 2.75) is 33.2 Å². The van der Waals surface area contributed by atoms with Crippen LogP contribution in [0.3, 0.4) is 0 Å². The molecule has 0 aromatic heterocycles. The molecular weight excluding hydrogens is 249 g/mol. The summed E-state index contributed by atoms with van der Waals surface area (Å²) >= 11 is 0. The number of nitrogens with one attached hydrogen (secondary N) is 1. The fourth-order valence-corrected chi connectivity index (χ4v) is 2.54. The van der Waals surface area contributed by atoms with Crippen molar-refractivity contribution in [1.29, 1.82) is 0 Å². The molecule has 0 spiro atoms. The van der Waals surface area contributed by atoms with E-state index in [0.29, 0.717) is 0 Å². The van der Waals surface area contributed by atoms with Crippen LogP contribution >= 0.6 is 0 Å². The molecule has 1 nitrogen and oxygen atoms in total. The molecule has 1 N–H and O–H groups in total. The van der Waals surface area contributed by atoms with Crippen molar-refractivity contribution in [2.24, 2.45) is 0 Å². The summed E-state index contributed by atoms with van der Waals surface area (Å²) in [6, 6.07) is 13.5. The third-order valence-electron chi connectivity index (χ3n) is 3.66. The highest BCUT2D eigenvalue weighted by Gasteiger charge is 2.16. The molecule has 1 unspecified atom stereocenters. The van der Waals surface area contributed by atoms with Crippen LogP contribution in [0.15, 0.2) is 42.5 Å². The molecule has 2 aromatic rings. The van der Waals surface area contributed by atoms with Crippen molar-refractivity contribution in [3.05, 3.63) is 70.5 Å². The van der Waals surface area contributed by atoms with Crippen LogP contribution in [0, 0.1) is 19.7 Å². The summed E-state index contributed by atoms with van der Waals surface area (Å²) < 4.78 is 14.0. The fourth-order valence-electron chi connectivity index (χ4n) is 2.54. The van der Waals surface area contributed by atoms with E-state index in [0.717, 1.165) is 18.5 Å². The smallest absolute Gasteiger partial charge is 0.127 e. The lowest BCUT2D eigenvalue weighted by molar-refractivity contribution is 0.509. The summed E-state index contributed by atoms with van der Waals surface area (Å²) in [5.41, 5.74) is 4.53. The Kier molecular flexibility index (Phi) is 4.91. The van der Waals surface area contributed by atoms with E-state index in [2.05, 4.69) is 44.3 Å². The topological polar surface area (TPSA) is 12.0 Å². The minimum Gasteiger partial charge on any atom is -0.310 e. The Balaban J connectivity index is 2.30. The van der Waals surface area contributed by atoms with E-state index in [9.17, 15) is 4.39 Å². The Labute approximate surface area is 120 Å². The molecule has 1 atom stereocenters. The lowest BCUT2D eigenvalue weighted by Gasteiger charge is -2.20. The molecule has 2 heteroatoms. The van der Waals surface area contributed by atoms with Crippen LogP contribution in [-0.2, 0) is 6.42 Å². The van der Waals surface area contributed by atoms with Crippen LogP contribution < -0.4 is 5.32 Å². The maximum atomic E-state index is 14.0. The predicted molar refractivity (Wildman–Crippen MR) is 82.4 cm³/mol. The van der Waals surface area contributed by atoms with Gasteiger partial charge in [0, 0.05) is 11.6 Å². The van der Waals surface area contributed by atoms with E-state index in [4.69, 9.17) is 0 Å². The highest BCUT2D eigenvalue weighted by molar-refractivity contribution is 5.33. The largest absolute Gasteiger partial charge is 0.310 e. The van der Waals surface area contributed by atoms with Crippen LogP contribution in [-0.4, -0.2) is 6.54 Å². The first kappa shape index (κ1) is 14.7. The molecule has 0 radical (unpaired) electrons. The molecule has 0 bridgehead atoms. The fraction of sp³-hybridized carbons (Fsp3) is 0.333. The summed E-state index contributed by atoms with van der Waals surface area (Å²) in [5.74, 6) is -0.135. The maximum absolute atomic E-state index is 14.0. The molecule has 106 valence electrons. The number of halogens is 1. The zero-order valence-electron chi connectivity index (χ0n) is 12.4. The Morgan fingerprint density at radius 3 is 2.55 bits per heavy atom. The third-order valence-corrected chi connectivity index (χ3v) is 3.66. The minimum absolute atomic E-state index is 0.0155. The quantitative estimate of drug-likeness (QED) is 0.853. The van der Waals surface area contributed by atoms with Gasteiger partial charge in [-0.1, -0.05) is 48.9 Å². The van der Waals surface area contributed by atoms with Gasteiger partial charge in [-0.3, -0.25) is 0 Å². The van der Waals surface area contributed by atoms with Gasteiger partial charge in [-0.05, 0) is 44.0 Å². The summed E-state index contributed by atoms with van der Waals surface area (Å²) in [5, 5.41) is 3.39. The molecule has 0 saturated heterocycles. The average Bonchev–Trinajstić information content (AvgIpc) is 2.43. The zero-order chi connectivity index (χ0) is 14.5. The van der Waals surface area contributed by atoms with Gasteiger partial charge in [-0.25, -0.2) is 4.39 Å². The van der Waals surface area contributed by atoms with Crippen LogP contribution in [0.5, 0.6) is 0 Å². The van der Waals surface area contributed by atoms with Gasteiger partial charge in [0.1, 0.15) is 5.82 Å². The van der Waals surface area contributed by atoms with E-state index in [1.54, 1.807) is 6.07 Å². The molecule has 0 amide bonds. The molecule has 2 aromatic carbocycles. The van der Waals surface area contributed by atoms with E-state index >= 15 is 0 Å². The van der Waals surface area contributed by atoms with Gasteiger partial charge < -0.3 is 5.32 Å². The molecular formula is C18H22FN. The van der Waals surface area contributed by atoms with Gasteiger partial charge in [-0.2, -0.15) is 0 Å². The highest BCUT2D eigenvalue weighted by Crippen LogP contribution is 2.23. The van der Waals surface area contributed by atoms with Crippen LogP contribution in [0.1, 0.15) is 35.2 Å². The van der Waals surface area contributed by atoms with Gasteiger partial charge in [0.2, 0.25) is 0 Å². The minimum atomic E-state index is -0.135. The van der Waals surface area contributed by atoms with Gasteiger partial charge in [0.05, 0.1) is 0 Å². The molecule has 0 aliphatic carbocycles. The summed E-state index contributed by atoms with van der Waals surface area (Å²) in [4.78, 5) is 0. The van der Waals surface area contributed by atoms with Crippen molar-refractivity contribution in [2.75, 3.05) is 6.54 Å². The van der Waals surface area contributed by atoms with Crippen LogP contribution in [0.2, 0.25) is 0 Å². The lowest BCUT2D eigenvalue weighted by Crippen LogP contribution is -2.24. The Morgan fingerprint density at radius 2 is 1.85 bits per heavy atom. The lowest BCUT2D eigenvalue weighted by atomic mass is 9.94. The number of likely N-dealkylation sites (N-methyl/N-ethyl adjacent to an activating group) is 1. The number of rotatable bonds is 5. The monoisotopic (exact) mass is 271 g/mol. The molecule has 20 heavy (non-hydrogen) atoms. The van der Waals surface area contributed by atoms with Crippen molar-refractivity contribution in [3.8, 4) is 0 Å².